The molecule has 0 atom stereocenters. The molecule has 9 rings (SSSR count). The molecule has 0 unspecified atom stereocenters. The first-order chi connectivity index (χ1) is 23.2. The van der Waals surface area contributed by atoms with E-state index in [1.807, 2.05) is 30.6 Å². The van der Waals surface area contributed by atoms with Crippen LogP contribution in [-0.2, 0) is 0 Å². The summed E-state index contributed by atoms with van der Waals surface area (Å²) < 4.78 is 0. The van der Waals surface area contributed by atoms with Gasteiger partial charge in [0.15, 0.2) is 5.82 Å². The van der Waals surface area contributed by atoms with Gasteiger partial charge in [-0.1, -0.05) is 127 Å². The Balaban J connectivity index is 1.14. The molecule has 3 heteroatoms. The normalized spacial score (nSPS) is 11.5. The van der Waals surface area contributed by atoms with Gasteiger partial charge < -0.3 is 0 Å². The third kappa shape index (κ3) is 4.72. The van der Waals surface area contributed by atoms with Gasteiger partial charge in [-0.2, -0.15) is 0 Å². The third-order valence-electron chi connectivity index (χ3n) is 9.33. The Labute approximate surface area is 273 Å². The van der Waals surface area contributed by atoms with E-state index < -0.39 is 0 Å². The van der Waals surface area contributed by atoms with Crippen molar-refractivity contribution < 1.29 is 0 Å². The molecule has 47 heavy (non-hydrogen) atoms. The molecule has 0 bridgehead atoms. The van der Waals surface area contributed by atoms with Gasteiger partial charge in [0.25, 0.3) is 0 Å². The van der Waals surface area contributed by atoms with Crippen LogP contribution in [0.1, 0.15) is 5.56 Å². The molecule has 220 valence electrons. The number of rotatable bonds is 5. The standard InChI is InChI=1S/C44H29N3/c1-28-5-2-3-8-37(28)44-46-40(32-13-9-29(10-14-32)30-23-25-45-26-24-30)27-41(47-44)33-15-11-31(12-16-33)38-21-19-36-18-17-34-6-4-7-35-20-22-39(38)43(36)42(34)35/h2-27H,1H3. The smallest absolute Gasteiger partial charge is 0.160 e. The Morgan fingerprint density at radius 2 is 0.957 bits per heavy atom. The fourth-order valence-corrected chi connectivity index (χ4v) is 6.87. The van der Waals surface area contributed by atoms with Crippen LogP contribution in [0.4, 0.5) is 0 Å². The molecule has 0 saturated carbocycles. The molecule has 0 aliphatic heterocycles. The Hall–Kier alpha value is -6.19. The van der Waals surface area contributed by atoms with Crippen molar-refractivity contribution in [3.8, 4) is 56.2 Å². The Morgan fingerprint density at radius 3 is 1.64 bits per heavy atom. The number of benzene rings is 7. The summed E-state index contributed by atoms with van der Waals surface area (Å²) in [7, 11) is 0. The van der Waals surface area contributed by atoms with E-state index in [-0.39, 0.29) is 0 Å². The van der Waals surface area contributed by atoms with E-state index in [2.05, 4.69) is 139 Å². The molecule has 2 heterocycles. The molecule has 2 aromatic heterocycles. The van der Waals surface area contributed by atoms with Crippen LogP contribution in [-0.4, -0.2) is 15.0 Å². The summed E-state index contributed by atoms with van der Waals surface area (Å²) in [6.07, 6.45) is 3.65. The van der Waals surface area contributed by atoms with Crippen LogP contribution >= 0.6 is 0 Å². The van der Waals surface area contributed by atoms with E-state index in [1.165, 1.54) is 43.4 Å². The maximum Gasteiger partial charge on any atom is 0.160 e. The summed E-state index contributed by atoms with van der Waals surface area (Å²) in [5.74, 6) is 0.727. The largest absolute Gasteiger partial charge is 0.265 e. The lowest BCUT2D eigenvalue weighted by Gasteiger charge is -2.14. The highest BCUT2D eigenvalue weighted by Gasteiger charge is 2.15. The van der Waals surface area contributed by atoms with Crippen molar-refractivity contribution in [1.82, 2.24) is 15.0 Å². The van der Waals surface area contributed by atoms with E-state index in [1.54, 1.807) is 0 Å². The Morgan fingerprint density at radius 1 is 0.404 bits per heavy atom. The fraction of sp³-hybridized carbons (Fsp3) is 0.0227. The zero-order valence-corrected chi connectivity index (χ0v) is 25.9. The van der Waals surface area contributed by atoms with Crippen molar-refractivity contribution in [3.05, 3.63) is 164 Å². The minimum absolute atomic E-state index is 0.727. The topological polar surface area (TPSA) is 38.7 Å². The highest BCUT2D eigenvalue weighted by Crippen LogP contribution is 2.40. The van der Waals surface area contributed by atoms with Crippen LogP contribution in [0.5, 0.6) is 0 Å². The second-order valence-corrected chi connectivity index (χ2v) is 12.1. The summed E-state index contributed by atoms with van der Waals surface area (Å²) in [6, 6.07) is 51.9. The molecule has 0 saturated heterocycles. The molecular weight excluding hydrogens is 571 g/mol. The highest BCUT2D eigenvalue weighted by atomic mass is 14.9. The summed E-state index contributed by atoms with van der Waals surface area (Å²) in [5.41, 5.74) is 10.8. The van der Waals surface area contributed by atoms with Crippen LogP contribution in [0.15, 0.2) is 158 Å². The van der Waals surface area contributed by atoms with Gasteiger partial charge in [-0.25, -0.2) is 9.97 Å². The number of hydrogen-bond donors (Lipinski definition) is 0. The van der Waals surface area contributed by atoms with Gasteiger partial charge in [0, 0.05) is 29.1 Å². The second-order valence-electron chi connectivity index (χ2n) is 12.1. The van der Waals surface area contributed by atoms with Crippen molar-refractivity contribution in [3.63, 3.8) is 0 Å². The number of aromatic nitrogens is 3. The zero-order valence-electron chi connectivity index (χ0n) is 25.9. The predicted molar refractivity (Wildman–Crippen MR) is 195 cm³/mol. The lowest BCUT2D eigenvalue weighted by atomic mass is 9.89. The fourth-order valence-electron chi connectivity index (χ4n) is 6.87. The molecule has 9 aromatic rings. The van der Waals surface area contributed by atoms with Gasteiger partial charge in [-0.15, -0.1) is 0 Å². The van der Waals surface area contributed by atoms with E-state index in [0.717, 1.165) is 50.6 Å². The summed E-state index contributed by atoms with van der Waals surface area (Å²) in [5, 5.41) is 7.79. The molecule has 0 aliphatic rings. The maximum absolute atomic E-state index is 5.12. The van der Waals surface area contributed by atoms with Gasteiger partial charge in [-0.05, 0) is 85.3 Å². The average molecular weight is 600 g/mol. The molecular formula is C44H29N3. The molecule has 0 radical (unpaired) electrons. The molecule has 0 fully saturated rings. The number of nitrogens with zero attached hydrogens (tertiary/aromatic N) is 3. The van der Waals surface area contributed by atoms with Crippen molar-refractivity contribution in [1.29, 1.82) is 0 Å². The third-order valence-corrected chi connectivity index (χ3v) is 9.33. The lowest BCUT2D eigenvalue weighted by molar-refractivity contribution is 1.17. The molecule has 0 N–H and O–H groups in total. The maximum atomic E-state index is 5.12. The van der Waals surface area contributed by atoms with Gasteiger partial charge in [0.2, 0.25) is 0 Å². The van der Waals surface area contributed by atoms with Gasteiger partial charge >= 0.3 is 0 Å². The van der Waals surface area contributed by atoms with Crippen LogP contribution in [0.25, 0.3) is 88.5 Å². The van der Waals surface area contributed by atoms with E-state index >= 15 is 0 Å². The predicted octanol–water partition coefficient (Wildman–Crippen LogP) is 11.4. The first-order valence-corrected chi connectivity index (χ1v) is 15.9. The molecule has 0 aliphatic carbocycles. The molecule has 0 spiro atoms. The van der Waals surface area contributed by atoms with E-state index in [0.29, 0.717) is 0 Å². The Kier molecular flexibility index (Phi) is 6.36. The molecule has 7 aromatic carbocycles. The SMILES string of the molecule is Cc1ccccc1-c1nc(-c2ccc(-c3ccncc3)cc2)cc(-c2ccc(-c3ccc4ccc5cccc6ccc3c4c56)cc2)n1. The van der Waals surface area contributed by atoms with Gasteiger partial charge in [-0.3, -0.25) is 4.98 Å². The summed E-state index contributed by atoms with van der Waals surface area (Å²) in [6.45, 7) is 2.11. The van der Waals surface area contributed by atoms with Crippen molar-refractivity contribution >= 4 is 32.3 Å². The minimum Gasteiger partial charge on any atom is -0.265 e. The van der Waals surface area contributed by atoms with Crippen LogP contribution in [0.2, 0.25) is 0 Å². The van der Waals surface area contributed by atoms with Gasteiger partial charge in [0.1, 0.15) is 0 Å². The summed E-state index contributed by atoms with van der Waals surface area (Å²) >= 11 is 0. The van der Waals surface area contributed by atoms with E-state index in [9.17, 15) is 0 Å². The number of aryl methyl sites for hydroxylation is 1. The summed E-state index contributed by atoms with van der Waals surface area (Å²) in [4.78, 5) is 14.4. The lowest BCUT2D eigenvalue weighted by Crippen LogP contribution is -1.97. The zero-order chi connectivity index (χ0) is 31.3. The van der Waals surface area contributed by atoms with Crippen LogP contribution in [0.3, 0.4) is 0 Å². The second kappa shape index (κ2) is 11.0. The average Bonchev–Trinajstić information content (AvgIpc) is 3.14. The van der Waals surface area contributed by atoms with Crippen LogP contribution in [0, 0.1) is 6.92 Å². The minimum atomic E-state index is 0.727. The number of hydrogen-bond acceptors (Lipinski definition) is 3. The first-order valence-electron chi connectivity index (χ1n) is 15.9. The monoisotopic (exact) mass is 599 g/mol. The van der Waals surface area contributed by atoms with Crippen molar-refractivity contribution in [2.24, 2.45) is 0 Å². The first kappa shape index (κ1) is 27.1. The van der Waals surface area contributed by atoms with Crippen LogP contribution < -0.4 is 0 Å². The molecule has 0 amide bonds. The quantitative estimate of drug-likeness (QED) is 0.185. The van der Waals surface area contributed by atoms with Crippen molar-refractivity contribution in [2.45, 2.75) is 6.92 Å². The van der Waals surface area contributed by atoms with E-state index in [4.69, 9.17) is 9.97 Å². The van der Waals surface area contributed by atoms with Crippen molar-refractivity contribution in [2.75, 3.05) is 0 Å². The number of pyridine rings is 1. The Bertz CT molecular complexity index is 2540. The molecule has 3 nitrogen and oxygen atoms in total. The van der Waals surface area contributed by atoms with Gasteiger partial charge in [0.05, 0.1) is 11.4 Å². The highest BCUT2D eigenvalue weighted by molar-refractivity contribution is 6.25.